The van der Waals surface area contributed by atoms with Gasteiger partial charge in [0.25, 0.3) is 0 Å². The fraction of sp³-hybridized carbons (Fsp3) is 1.00. The summed E-state index contributed by atoms with van der Waals surface area (Å²) in [5.74, 6) is 1.58. The second-order valence-corrected chi connectivity index (χ2v) is 8.00. The molecule has 0 aromatic carbocycles. The van der Waals surface area contributed by atoms with Gasteiger partial charge in [-0.25, -0.2) is 8.37 Å². The van der Waals surface area contributed by atoms with Crippen LogP contribution in [0.3, 0.4) is 0 Å². The third-order valence-corrected chi connectivity index (χ3v) is 5.37. The van der Waals surface area contributed by atoms with Crippen molar-refractivity contribution < 1.29 is 16.8 Å². The van der Waals surface area contributed by atoms with Gasteiger partial charge in [0.15, 0.2) is 0 Å². The minimum atomic E-state index is -3.69. The molecule has 1 saturated heterocycles. The molecule has 0 bridgehead atoms. The third kappa shape index (κ3) is 3.45. The average molecular weight is 276 g/mol. The Labute approximate surface area is 110 Å². The maximum atomic E-state index is 11.0. The molecule has 4 nitrogen and oxygen atoms in total. The van der Waals surface area contributed by atoms with Gasteiger partial charge in [-0.1, -0.05) is 20.8 Å². The molecule has 106 valence electrons. The third-order valence-electron chi connectivity index (χ3n) is 4.52. The van der Waals surface area contributed by atoms with Gasteiger partial charge >= 0.3 is 10.4 Å². The number of rotatable bonds is 1. The van der Waals surface area contributed by atoms with Crippen LogP contribution in [-0.4, -0.2) is 21.6 Å². The lowest BCUT2D eigenvalue weighted by atomic mass is 9.67. The second kappa shape index (κ2) is 5.10. The first-order valence-electron chi connectivity index (χ1n) is 6.82. The summed E-state index contributed by atoms with van der Waals surface area (Å²) in [4.78, 5) is 0. The lowest BCUT2D eigenvalue weighted by Gasteiger charge is -2.39. The first-order valence-corrected chi connectivity index (χ1v) is 8.15. The van der Waals surface area contributed by atoms with Crippen molar-refractivity contribution in [2.75, 3.05) is 13.2 Å². The highest BCUT2D eigenvalue weighted by Crippen LogP contribution is 2.42. The molecule has 18 heavy (non-hydrogen) atoms. The predicted molar refractivity (Wildman–Crippen MR) is 69.2 cm³/mol. The van der Waals surface area contributed by atoms with Crippen LogP contribution in [0.1, 0.15) is 46.5 Å². The molecule has 1 aliphatic heterocycles. The zero-order valence-electron chi connectivity index (χ0n) is 11.5. The van der Waals surface area contributed by atoms with E-state index in [9.17, 15) is 8.42 Å². The summed E-state index contributed by atoms with van der Waals surface area (Å²) >= 11 is 0. The Morgan fingerprint density at radius 1 is 0.889 bits per heavy atom. The number of hydrogen-bond acceptors (Lipinski definition) is 4. The molecule has 1 heterocycles. The van der Waals surface area contributed by atoms with Crippen LogP contribution in [0.5, 0.6) is 0 Å². The molecule has 5 heteroatoms. The minimum Gasteiger partial charge on any atom is -0.248 e. The number of hydrogen-bond donors (Lipinski definition) is 0. The summed E-state index contributed by atoms with van der Waals surface area (Å²) < 4.78 is 31.6. The molecule has 0 N–H and O–H groups in total. The summed E-state index contributed by atoms with van der Waals surface area (Å²) in [7, 11) is -3.69. The SMILES string of the molecule is CC(C)(C)C1CCC(C2COS(=O)(=O)OC2)CC1. The van der Waals surface area contributed by atoms with Gasteiger partial charge in [0.1, 0.15) is 0 Å². The van der Waals surface area contributed by atoms with Gasteiger partial charge in [0, 0.05) is 5.92 Å². The quantitative estimate of drug-likeness (QED) is 0.739. The maximum absolute atomic E-state index is 11.0. The monoisotopic (exact) mass is 276 g/mol. The van der Waals surface area contributed by atoms with Gasteiger partial charge in [0.05, 0.1) is 13.2 Å². The lowest BCUT2D eigenvalue weighted by Crippen LogP contribution is -2.36. The van der Waals surface area contributed by atoms with E-state index in [0.29, 0.717) is 24.5 Å². The summed E-state index contributed by atoms with van der Waals surface area (Å²) in [6, 6.07) is 0. The molecule has 0 aromatic heterocycles. The standard InChI is InChI=1S/C13H24O4S/c1-13(2,3)12-6-4-10(5-7-12)11-8-16-18(14,15)17-9-11/h10-12H,4-9H2,1-3H3. The van der Waals surface area contributed by atoms with Crippen molar-refractivity contribution in [1.29, 1.82) is 0 Å². The van der Waals surface area contributed by atoms with Gasteiger partial charge in [-0.15, -0.1) is 0 Å². The van der Waals surface area contributed by atoms with Crippen LogP contribution in [0.2, 0.25) is 0 Å². The summed E-state index contributed by atoms with van der Waals surface area (Å²) in [6.07, 6.45) is 4.80. The first kappa shape index (κ1) is 14.3. The molecular formula is C13H24O4S. The van der Waals surface area contributed by atoms with Gasteiger partial charge in [-0.05, 0) is 42.9 Å². The van der Waals surface area contributed by atoms with E-state index in [1.165, 1.54) is 25.7 Å². The van der Waals surface area contributed by atoms with Crippen LogP contribution in [0.25, 0.3) is 0 Å². The minimum absolute atomic E-state index is 0.245. The smallest absolute Gasteiger partial charge is 0.248 e. The topological polar surface area (TPSA) is 52.6 Å². The molecule has 0 aromatic rings. The maximum Gasteiger partial charge on any atom is 0.399 e. The predicted octanol–water partition coefficient (Wildman–Crippen LogP) is 2.75. The van der Waals surface area contributed by atoms with Crippen molar-refractivity contribution in [2.45, 2.75) is 46.5 Å². The van der Waals surface area contributed by atoms with E-state index in [2.05, 4.69) is 20.8 Å². The van der Waals surface area contributed by atoms with E-state index >= 15 is 0 Å². The average Bonchev–Trinajstić information content (AvgIpc) is 2.28. The fourth-order valence-electron chi connectivity index (χ4n) is 3.15. The fourth-order valence-corrected chi connectivity index (χ4v) is 3.90. The second-order valence-electron chi connectivity index (χ2n) is 6.72. The molecule has 0 spiro atoms. The van der Waals surface area contributed by atoms with Crippen molar-refractivity contribution in [3.05, 3.63) is 0 Å². The van der Waals surface area contributed by atoms with Gasteiger partial charge in [0.2, 0.25) is 0 Å². The normalized spacial score (nSPS) is 34.4. The molecule has 0 unspecified atom stereocenters. The highest BCUT2D eigenvalue weighted by atomic mass is 32.3. The van der Waals surface area contributed by atoms with E-state index in [-0.39, 0.29) is 5.92 Å². The lowest BCUT2D eigenvalue weighted by molar-refractivity contribution is 0.0400. The van der Waals surface area contributed by atoms with E-state index in [1.807, 2.05) is 0 Å². The Bertz CT molecular complexity index is 360. The van der Waals surface area contributed by atoms with Crippen LogP contribution >= 0.6 is 0 Å². The Kier molecular flexibility index (Phi) is 4.04. The van der Waals surface area contributed by atoms with Gasteiger partial charge in [-0.2, -0.15) is 8.42 Å². The van der Waals surface area contributed by atoms with Crippen LogP contribution in [0.15, 0.2) is 0 Å². The van der Waals surface area contributed by atoms with Crippen LogP contribution in [-0.2, 0) is 18.8 Å². The van der Waals surface area contributed by atoms with E-state index < -0.39 is 10.4 Å². The van der Waals surface area contributed by atoms with Crippen molar-refractivity contribution in [3.63, 3.8) is 0 Å². The van der Waals surface area contributed by atoms with Crippen LogP contribution in [0, 0.1) is 23.2 Å². The first-order chi connectivity index (χ1) is 8.28. The molecule has 1 saturated carbocycles. The zero-order chi connectivity index (χ0) is 13.4. The molecule has 0 atom stereocenters. The summed E-state index contributed by atoms with van der Waals surface area (Å²) in [5, 5.41) is 0. The molecule has 2 rings (SSSR count). The van der Waals surface area contributed by atoms with Crippen LogP contribution in [0.4, 0.5) is 0 Å². The highest BCUT2D eigenvalue weighted by Gasteiger charge is 2.36. The molecule has 0 radical (unpaired) electrons. The molecule has 2 fully saturated rings. The van der Waals surface area contributed by atoms with Crippen molar-refractivity contribution >= 4 is 10.4 Å². The molecular weight excluding hydrogens is 252 g/mol. The summed E-state index contributed by atoms with van der Waals surface area (Å²) in [6.45, 7) is 7.51. The zero-order valence-corrected chi connectivity index (χ0v) is 12.3. The van der Waals surface area contributed by atoms with Gasteiger partial charge in [-0.3, -0.25) is 0 Å². The van der Waals surface area contributed by atoms with Crippen molar-refractivity contribution in [1.82, 2.24) is 0 Å². The van der Waals surface area contributed by atoms with Crippen molar-refractivity contribution in [3.8, 4) is 0 Å². The Morgan fingerprint density at radius 3 is 1.83 bits per heavy atom. The largest absolute Gasteiger partial charge is 0.399 e. The molecule has 2 aliphatic rings. The molecule has 0 amide bonds. The van der Waals surface area contributed by atoms with Gasteiger partial charge < -0.3 is 0 Å². The summed E-state index contributed by atoms with van der Waals surface area (Å²) in [5.41, 5.74) is 0.383. The highest BCUT2D eigenvalue weighted by molar-refractivity contribution is 7.81. The van der Waals surface area contributed by atoms with E-state index in [4.69, 9.17) is 8.37 Å². The van der Waals surface area contributed by atoms with Crippen molar-refractivity contribution in [2.24, 2.45) is 23.2 Å². The van der Waals surface area contributed by atoms with Crippen LogP contribution < -0.4 is 0 Å². The Morgan fingerprint density at radius 2 is 1.39 bits per heavy atom. The van der Waals surface area contributed by atoms with E-state index in [0.717, 1.165) is 5.92 Å². The van der Waals surface area contributed by atoms with E-state index in [1.54, 1.807) is 0 Å². The Balaban J connectivity index is 1.84. The Hall–Kier alpha value is -0.130. The molecule has 1 aliphatic carbocycles.